The van der Waals surface area contributed by atoms with E-state index in [0.29, 0.717) is 18.5 Å². The first kappa shape index (κ1) is 12.7. The monoisotopic (exact) mass is 263 g/mol. The van der Waals surface area contributed by atoms with Crippen molar-refractivity contribution in [3.05, 3.63) is 24.2 Å². The molecule has 1 saturated heterocycles. The lowest BCUT2D eigenvalue weighted by Gasteiger charge is -2.47. The van der Waals surface area contributed by atoms with Gasteiger partial charge in [0.2, 0.25) is 0 Å². The van der Waals surface area contributed by atoms with E-state index < -0.39 is 5.97 Å². The minimum absolute atomic E-state index is 0.325. The quantitative estimate of drug-likeness (QED) is 0.911. The number of carbonyl (C=O) groups is 1. The first-order chi connectivity index (χ1) is 9.25. The molecule has 2 aliphatic rings. The zero-order chi connectivity index (χ0) is 13.2. The molecule has 4 nitrogen and oxygen atoms in total. The van der Waals surface area contributed by atoms with E-state index in [4.69, 9.17) is 4.42 Å². The number of fused-ring (bicyclic) bond motifs is 1. The second-order valence-electron chi connectivity index (χ2n) is 5.85. The molecular weight excluding hydrogens is 242 g/mol. The van der Waals surface area contributed by atoms with Crippen molar-refractivity contribution < 1.29 is 14.3 Å². The van der Waals surface area contributed by atoms with Crippen LogP contribution in [0, 0.1) is 5.92 Å². The van der Waals surface area contributed by atoms with Crippen LogP contribution in [0.5, 0.6) is 0 Å². The molecule has 1 N–H and O–H groups in total. The van der Waals surface area contributed by atoms with Crippen LogP contribution in [0.15, 0.2) is 23.0 Å². The molecule has 1 aromatic heterocycles. The molecule has 2 fully saturated rings. The van der Waals surface area contributed by atoms with Crippen LogP contribution >= 0.6 is 0 Å². The first-order valence-electron chi connectivity index (χ1n) is 7.25. The lowest BCUT2D eigenvalue weighted by molar-refractivity contribution is -0.148. The molecule has 19 heavy (non-hydrogen) atoms. The molecule has 0 aromatic carbocycles. The summed E-state index contributed by atoms with van der Waals surface area (Å²) in [7, 11) is 0. The SMILES string of the molecule is O=C(O)C1CCC2CCCCC2N1Cc1ccoc1. The Morgan fingerprint density at radius 1 is 1.32 bits per heavy atom. The van der Waals surface area contributed by atoms with Gasteiger partial charge < -0.3 is 9.52 Å². The Bertz CT molecular complexity index is 429. The van der Waals surface area contributed by atoms with Gasteiger partial charge in [0, 0.05) is 18.2 Å². The minimum Gasteiger partial charge on any atom is -0.480 e. The summed E-state index contributed by atoms with van der Waals surface area (Å²) in [5.41, 5.74) is 1.08. The van der Waals surface area contributed by atoms with E-state index in [1.165, 1.54) is 19.3 Å². The summed E-state index contributed by atoms with van der Waals surface area (Å²) in [6, 6.07) is 2.05. The van der Waals surface area contributed by atoms with Crippen molar-refractivity contribution >= 4 is 5.97 Å². The fraction of sp³-hybridized carbons (Fsp3) is 0.667. The Labute approximate surface area is 113 Å². The number of nitrogens with zero attached hydrogens (tertiary/aromatic N) is 1. The number of carboxylic acids is 1. The lowest BCUT2D eigenvalue weighted by atomic mass is 9.76. The molecule has 3 rings (SSSR count). The maximum Gasteiger partial charge on any atom is 0.320 e. The Hall–Kier alpha value is -1.29. The number of hydrogen-bond donors (Lipinski definition) is 1. The van der Waals surface area contributed by atoms with Crippen LogP contribution in [0.25, 0.3) is 0 Å². The number of aliphatic carboxylic acids is 1. The van der Waals surface area contributed by atoms with E-state index in [1.807, 2.05) is 6.07 Å². The highest BCUT2D eigenvalue weighted by atomic mass is 16.4. The highest BCUT2D eigenvalue weighted by molar-refractivity contribution is 5.73. The molecule has 0 radical (unpaired) electrons. The molecule has 3 unspecified atom stereocenters. The van der Waals surface area contributed by atoms with Crippen molar-refractivity contribution in [2.45, 2.75) is 57.2 Å². The summed E-state index contributed by atoms with van der Waals surface area (Å²) >= 11 is 0. The Balaban J connectivity index is 1.81. The van der Waals surface area contributed by atoms with Crippen LogP contribution in [0.4, 0.5) is 0 Å². The van der Waals surface area contributed by atoms with Crippen LogP contribution in [0.2, 0.25) is 0 Å². The van der Waals surface area contributed by atoms with Gasteiger partial charge in [-0.2, -0.15) is 0 Å². The lowest BCUT2D eigenvalue weighted by Crippen LogP contribution is -2.54. The van der Waals surface area contributed by atoms with Gasteiger partial charge in [-0.15, -0.1) is 0 Å². The van der Waals surface area contributed by atoms with Gasteiger partial charge in [0.1, 0.15) is 6.04 Å². The van der Waals surface area contributed by atoms with Gasteiger partial charge >= 0.3 is 5.97 Å². The normalized spacial score (nSPS) is 31.9. The summed E-state index contributed by atoms with van der Waals surface area (Å²) in [5.74, 6) is 0.0174. The van der Waals surface area contributed by atoms with Gasteiger partial charge in [0.15, 0.2) is 0 Å². The molecule has 2 heterocycles. The van der Waals surface area contributed by atoms with E-state index in [2.05, 4.69) is 4.90 Å². The largest absolute Gasteiger partial charge is 0.480 e. The van der Waals surface area contributed by atoms with Crippen molar-refractivity contribution in [2.24, 2.45) is 5.92 Å². The smallest absolute Gasteiger partial charge is 0.320 e. The summed E-state index contributed by atoms with van der Waals surface area (Å²) in [5, 5.41) is 9.46. The molecular formula is C15H21NO3. The van der Waals surface area contributed by atoms with Gasteiger partial charge in [-0.05, 0) is 37.7 Å². The molecule has 104 valence electrons. The molecule has 1 aromatic rings. The average Bonchev–Trinajstić information content (AvgIpc) is 2.92. The van der Waals surface area contributed by atoms with Crippen LogP contribution in [0.1, 0.15) is 44.1 Å². The topological polar surface area (TPSA) is 53.7 Å². The van der Waals surface area contributed by atoms with E-state index >= 15 is 0 Å². The predicted molar refractivity (Wildman–Crippen MR) is 70.7 cm³/mol. The number of carboxylic acid groups (broad SMARTS) is 1. The summed E-state index contributed by atoms with van der Waals surface area (Å²) < 4.78 is 5.11. The molecule has 1 aliphatic carbocycles. The zero-order valence-electron chi connectivity index (χ0n) is 11.1. The van der Waals surface area contributed by atoms with Gasteiger partial charge in [-0.3, -0.25) is 9.69 Å². The second-order valence-corrected chi connectivity index (χ2v) is 5.85. The maximum atomic E-state index is 11.5. The third kappa shape index (κ3) is 2.54. The van der Waals surface area contributed by atoms with Crippen molar-refractivity contribution in [3.8, 4) is 0 Å². The third-order valence-electron chi connectivity index (χ3n) is 4.74. The van der Waals surface area contributed by atoms with E-state index in [0.717, 1.165) is 24.8 Å². The van der Waals surface area contributed by atoms with Crippen LogP contribution in [-0.4, -0.2) is 28.1 Å². The predicted octanol–water partition coefficient (Wildman–Crippen LogP) is 2.89. The molecule has 0 bridgehead atoms. The van der Waals surface area contributed by atoms with Crippen LogP contribution in [0.3, 0.4) is 0 Å². The van der Waals surface area contributed by atoms with E-state index in [1.54, 1.807) is 12.5 Å². The maximum absolute atomic E-state index is 11.5. The molecule has 1 aliphatic heterocycles. The number of piperidine rings is 1. The number of likely N-dealkylation sites (tertiary alicyclic amines) is 1. The zero-order valence-corrected chi connectivity index (χ0v) is 11.1. The van der Waals surface area contributed by atoms with E-state index in [9.17, 15) is 9.90 Å². The van der Waals surface area contributed by atoms with Gasteiger partial charge in [0.05, 0.1) is 12.5 Å². The summed E-state index contributed by atoms with van der Waals surface area (Å²) in [6.45, 7) is 0.703. The highest BCUT2D eigenvalue weighted by Gasteiger charge is 2.41. The van der Waals surface area contributed by atoms with E-state index in [-0.39, 0.29) is 6.04 Å². The van der Waals surface area contributed by atoms with Crippen LogP contribution < -0.4 is 0 Å². The molecule has 3 atom stereocenters. The molecule has 0 spiro atoms. The second kappa shape index (κ2) is 5.37. The van der Waals surface area contributed by atoms with Crippen LogP contribution in [-0.2, 0) is 11.3 Å². The fourth-order valence-electron chi connectivity index (χ4n) is 3.82. The molecule has 1 saturated carbocycles. The molecule has 4 heteroatoms. The minimum atomic E-state index is -0.674. The average molecular weight is 263 g/mol. The Morgan fingerprint density at radius 2 is 2.16 bits per heavy atom. The summed E-state index contributed by atoms with van der Waals surface area (Å²) in [4.78, 5) is 13.7. The number of hydrogen-bond acceptors (Lipinski definition) is 3. The first-order valence-corrected chi connectivity index (χ1v) is 7.25. The van der Waals surface area contributed by atoms with Crippen molar-refractivity contribution in [2.75, 3.05) is 0 Å². The van der Waals surface area contributed by atoms with Crippen molar-refractivity contribution in [1.82, 2.24) is 4.90 Å². The Morgan fingerprint density at radius 3 is 2.89 bits per heavy atom. The summed E-state index contributed by atoms with van der Waals surface area (Å²) in [6.07, 6.45) is 10.2. The van der Waals surface area contributed by atoms with Gasteiger partial charge in [-0.1, -0.05) is 12.8 Å². The highest BCUT2D eigenvalue weighted by Crippen LogP contribution is 2.38. The standard InChI is InChI=1S/C15H21NO3/c17-15(18)14-6-5-12-3-1-2-4-13(12)16(14)9-11-7-8-19-10-11/h7-8,10,12-14H,1-6,9H2,(H,17,18). The number of furan rings is 1. The fourth-order valence-corrected chi connectivity index (χ4v) is 3.82. The Kier molecular flexibility index (Phi) is 3.60. The molecule has 0 amide bonds. The van der Waals surface area contributed by atoms with Gasteiger partial charge in [0.25, 0.3) is 0 Å². The van der Waals surface area contributed by atoms with Crippen molar-refractivity contribution in [3.63, 3.8) is 0 Å². The van der Waals surface area contributed by atoms with Crippen molar-refractivity contribution in [1.29, 1.82) is 0 Å². The number of rotatable bonds is 3. The van der Waals surface area contributed by atoms with Gasteiger partial charge in [-0.25, -0.2) is 0 Å². The third-order valence-corrected chi connectivity index (χ3v) is 4.74.